The Hall–Kier alpha value is -2.59. The van der Waals surface area contributed by atoms with Gasteiger partial charge in [-0.1, -0.05) is 36.4 Å². The first-order valence-corrected chi connectivity index (χ1v) is 9.33. The first kappa shape index (κ1) is 17.8. The molecule has 3 aromatic rings. The molecule has 3 nitrogen and oxygen atoms in total. The molecule has 1 atom stereocenters. The maximum Gasteiger partial charge on any atom is 0.246 e. The van der Waals surface area contributed by atoms with Crippen molar-refractivity contribution in [2.45, 2.75) is 26.3 Å². The van der Waals surface area contributed by atoms with Crippen molar-refractivity contribution in [2.24, 2.45) is 0 Å². The summed E-state index contributed by atoms with van der Waals surface area (Å²) in [5.41, 5.74) is 5.11. The van der Waals surface area contributed by atoms with E-state index in [0.29, 0.717) is 28.9 Å². The van der Waals surface area contributed by atoms with Crippen LogP contribution >= 0.6 is 11.6 Å². The number of carbonyl (C=O) groups excluding carboxylic acids is 1. The van der Waals surface area contributed by atoms with Crippen molar-refractivity contribution in [1.29, 1.82) is 0 Å². The molecule has 2 heterocycles. The van der Waals surface area contributed by atoms with Crippen LogP contribution in [-0.2, 0) is 11.2 Å². The predicted octanol–water partition coefficient (Wildman–Crippen LogP) is 5.57. The van der Waals surface area contributed by atoms with Crippen LogP contribution in [0.25, 0.3) is 22.0 Å². The van der Waals surface area contributed by atoms with E-state index in [1.54, 1.807) is 11.0 Å². The Kier molecular flexibility index (Phi) is 4.31. The minimum atomic E-state index is -0.297. The third-order valence-electron chi connectivity index (χ3n) is 5.48. The Morgan fingerprint density at radius 3 is 2.89 bits per heavy atom. The summed E-state index contributed by atoms with van der Waals surface area (Å²) >= 11 is 6.50. The van der Waals surface area contributed by atoms with Gasteiger partial charge in [-0.15, -0.1) is 0 Å². The normalized spacial score (nSPS) is 16.4. The summed E-state index contributed by atoms with van der Waals surface area (Å²) < 4.78 is 15.0. The van der Waals surface area contributed by atoms with Gasteiger partial charge in [0.1, 0.15) is 5.82 Å². The van der Waals surface area contributed by atoms with Gasteiger partial charge in [-0.05, 0) is 55.2 Å². The number of fused-ring (bicyclic) bond motifs is 2. The van der Waals surface area contributed by atoms with E-state index in [0.717, 1.165) is 27.9 Å². The molecular weight excluding hydrogens is 363 g/mol. The van der Waals surface area contributed by atoms with Gasteiger partial charge in [0.25, 0.3) is 0 Å². The third-order valence-corrected chi connectivity index (χ3v) is 5.96. The van der Waals surface area contributed by atoms with Crippen LogP contribution in [-0.4, -0.2) is 22.3 Å². The first-order valence-electron chi connectivity index (χ1n) is 8.95. The molecule has 2 aromatic carbocycles. The number of nitrogens with zero attached hydrogens (tertiary/aromatic N) is 1. The average Bonchev–Trinajstić information content (AvgIpc) is 2.96. The third kappa shape index (κ3) is 2.67. The number of benzene rings is 2. The maximum absolute atomic E-state index is 15.0. The minimum Gasteiger partial charge on any atom is -0.357 e. The molecule has 0 saturated heterocycles. The fraction of sp³-hybridized carbons (Fsp3) is 0.227. The van der Waals surface area contributed by atoms with Crippen LogP contribution in [0.1, 0.15) is 29.8 Å². The second-order valence-corrected chi connectivity index (χ2v) is 7.32. The van der Waals surface area contributed by atoms with E-state index in [9.17, 15) is 9.18 Å². The highest BCUT2D eigenvalue weighted by atomic mass is 35.5. The van der Waals surface area contributed by atoms with Crippen molar-refractivity contribution in [1.82, 2.24) is 9.88 Å². The first-order chi connectivity index (χ1) is 12.9. The fourth-order valence-corrected chi connectivity index (χ4v) is 4.38. The molecule has 138 valence electrons. The molecule has 1 unspecified atom stereocenters. The topological polar surface area (TPSA) is 36.1 Å². The molecule has 0 fully saturated rings. The van der Waals surface area contributed by atoms with Crippen LogP contribution in [0.2, 0.25) is 5.02 Å². The van der Waals surface area contributed by atoms with Gasteiger partial charge in [-0.3, -0.25) is 4.79 Å². The van der Waals surface area contributed by atoms with Crippen molar-refractivity contribution in [2.75, 3.05) is 6.54 Å². The average molecular weight is 383 g/mol. The van der Waals surface area contributed by atoms with Crippen LogP contribution in [0.15, 0.2) is 43.0 Å². The van der Waals surface area contributed by atoms with Crippen molar-refractivity contribution < 1.29 is 9.18 Å². The molecule has 0 bridgehead atoms. The molecule has 1 aromatic heterocycles. The lowest BCUT2D eigenvalue weighted by Crippen LogP contribution is -2.38. The van der Waals surface area contributed by atoms with Crippen LogP contribution < -0.4 is 0 Å². The molecule has 1 aliphatic heterocycles. The largest absolute Gasteiger partial charge is 0.357 e. The number of aryl methyl sites for hydroxylation is 1. The molecule has 1 N–H and O–H groups in total. The molecule has 0 radical (unpaired) electrons. The highest BCUT2D eigenvalue weighted by molar-refractivity contribution is 6.37. The summed E-state index contributed by atoms with van der Waals surface area (Å²) in [6, 6.07) is 8.96. The van der Waals surface area contributed by atoms with Crippen molar-refractivity contribution in [3.05, 3.63) is 70.6 Å². The Bertz CT molecular complexity index is 1090. The zero-order chi connectivity index (χ0) is 19.3. The number of halogens is 2. The number of nitrogens with one attached hydrogen (secondary N) is 1. The lowest BCUT2D eigenvalue weighted by atomic mass is 9.86. The standard InChI is InChI=1S/C22H20ClFN2O/c1-4-19(27)26-11-10-15-14(13(26)3)6-5-7-16(15)20-17(24)8-9-18-21(20)22(23)12(2)25-18/h4-9,13,25H,1,10-11H2,2-3H3. The number of hydrogen-bond donors (Lipinski definition) is 1. The summed E-state index contributed by atoms with van der Waals surface area (Å²) in [6.45, 7) is 8.04. The summed E-state index contributed by atoms with van der Waals surface area (Å²) in [6.07, 6.45) is 2.00. The molecular formula is C22H20ClFN2O. The molecule has 0 spiro atoms. The predicted molar refractivity (Wildman–Crippen MR) is 107 cm³/mol. The quantitative estimate of drug-likeness (QED) is 0.578. The maximum atomic E-state index is 15.0. The molecule has 27 heavy (non-hydrogen) atoms. The Morgan fingerprint density at radius 2 is 2.15 bits per heavy atom. The Morgan fingerprint density at radius 1 is 1.37 bits per heavy atom. The molecule has 5 heteroatoms. The minimum absolute atomic E-state index is 0.0869. The number of hydrogen-bond acceptors (Lipinski definition) is 1. The zero-order valence-corrected chi connectivity index (χ0v) is 16.0. The number of aromatic nitrogens is 1. The highest BCUT2D eigenvalue weighted by Crippen LogP contribution is 2.42. The highest BCUT2D eigenvalue weighted by Gasteiger charge is 2.29. The summed E-state index contributed by atoms with van der Waals surface area (Å²) in [4.78, 5) is 17.2. The van der Waals surface area contributed by atoms with Crippen LogP contribution in [0.5, 0.6) is 0 Å². The van der Waals surface area contributed by atoms with Gasteiger partial charge in [0.15, 0.2) is 0 Å². The van der Waals surface area contributed by atoms with Crippen LogP contribution in [0.3, 0.4) is 0 Å². The molecule has 1 amide bonds. The van der Waals surface area contributed by atoms with Crippen molar-refractivity contribution in [3.8, 4) is 11.1 Å². The SMILES string of the molecule is C=CC(=O)N1CCc2c(-c3c(F)ccc4[nH]c(C)c(Cl)c34)cccc2C1C. The molecule has 1 aliphatic rings. The van der Waals surface area contributed by atoms with Gasteiger partial charge in [0.05, 0.1) is 11.1 Å². The summed E-state index contributed by atoms with van der Waals surface area (Å²) in [5.74, 6) is -0.384. The number of aromatic amines is 1. The second-order valence-electron chi connectivity index (χ2n) is 6.94. The monoisotopic (exact) mass is 382 g/mol. The van der Waals surface area contributed by atoms with Gasteiger partial charge in [0, 0.05) is 28.7 Å². The van der Waals surface area contributed by atoms with E-state index in [4.69, 9.17) is 11.6 Å². The van der Waals surface area contributed by atoms with Crippen LogP contribution in [0.4, 0.5) is 4.39 Å². The zero-order valence-electron chi connectivity index (χ0n) is 15.3. The van der Waals surface area contributed by atoms with Gasteiger partial charge in [0.2, 0.25) is 5.91 Å². The van der Waals surface area contributed by atoms with E-state index in [-0.39, 0.29) is 17.8 Å². The van der Waals surface area contributed by atoms with E-state index >= 15 is 0 Å². The second kappa shape index (κ2) is 6.54. The Balaban J connectivity index is 1.95. The lowest BCUT2D eigenvalue weighted by molar-refractivity contribution is -0.128. The van der Waals surface area contributed by atoms with E-state index in [1.165, 1.54) is 12.1 Å². The lowest BCUT2D eigenvalue weighted by Gasteiger charge is -2.35. The molecule has 4 rings (SSSR count). The molecule has 0 aliphatic carbocycles. The summed E-state index contributed by atoms with van der Waals surface area (Å²) in [5, 5.41) is 1.25. The van der Waals surface area contributed by atoms with Gasteiger partial charge < -0.3 is 9.88 Å². The number of rotatable bonds is 2. The van der Waals surface area contributed by atoms with Gasteiger partial charge in [-0.25, -0.2) is 4.39 Å². The number of carbonyl (C=O) groups is 1. The number of amides is 1. The van der Waals surface area contributed by atoms with Crippen molar-refractivity contribution in [3.63, 3.8) is 0 Å². The van der Waals surface area contributed by atoms with E-state index < -0.39 is 0 Å². The smallest absolute Gasteiger partial charge is 0.246 e. The molecule has 0 saturated carbocycles. The van der Waals surface area contributed by atoms with Gasteiger partial charge in [-0.2, -0.15) is 0 Å². The summed E-state index contributed by atoms with van der Waals surface area (Å²) in [7, 11) is 0. The van der Waals surface area contributed by atoms with E-state index in [2.05, 4.69) is 11.6 Å². The van der Waals surface area contributed by atoms with Crippen LogP contribution in [0, 0.1) is 12.7 Å². The Labute approximate surface area is 162 Å². The number of H-pyrrole nitrogens is 1. The fourth-order valence-electron chi connectivity index (χ4n) is 4.14. The van der Waals surface area contributed by atoms with Gasteiger partial charge >= 0.3 is 0 Å². The van der Waals surface area contributed by atoms with Crippen molar-refractivity contribution >= 4 is 28.4 Å². The van der Waals surface area contributed by atoms with E-state index in [1.807, 2.05) is 32.0 Å².